The monoisotopic (exact) mass is 386 g/mol. The van der Waals surface area contributed by atoms with Crippen molar-refractivity contribution in [1.82, 2.24) is 25.4 Å². The molecule has 1 spiro atoms. The molecule has 0 bridgehead atoms. The summed E-state index contributed by atoms with van der Waals surface area (Å²) < 4.78 is 0. The van der Waals surface area contributed by atoms with Gasteiger partial charge in [0.15, 0.2) is 5.96 Å². The van der Waals surface area contributed by atoms with Gasteiger partial charge in [-0.05, 0) is 25.0 Å². The Morgan fingerprint density at radius 1 is 1.46 bits per heavy atom. The van der Waals surface area contributed by atoms with Gasteiger partial charge in [0.25, 0.3) is 0 Å². The molecular weight excluding hydrogens is 356 g/mol. The summed E-state index contributed by atoms with van der Waals surface area (Å²) in [5, 5.41) is 6.16. The summed E-state index contributed by atoms with van der Waals surface area (Å²) in [6, 6.07) is 5.80. The number of likely N-dealkylation sites (tertiary alicyclic amines) is 1. The van der Waals surface area contributed by atoms with Crippen LogP contribution in [-0.2, 0) is 16.0 Å². The minimum Gasteiger partial charge on any atom is -0.355 e. The van der Waals surface area contributed by atoms with Crippen molar-refractivity contribution in [3.8, 4) is 0 Å². The highest BCUT2D eigenvalue weighted by Crippen LogP contribution is 2.35. The second-order valence-corrected chi connectivity index (χ2v) is 7.77. The third-order valence-corrected chi connectivity index (χ3v) is 5.62. The second-order valence-electron chi connectivity index (χ2n) is 7.77. The molecule has 1 atom stereocenters. The molecule has 1 unspecified atom stereocenters. The Morgan fingerprint density at radius 2 is 2.32 bits per heavy atom. The van der Waals surface area contributed by atoms with Crippen LogP contribution in [0.1, 0.15) is 25.0 Å². The lowest BCUT2D eigenvalue weighted by molar-refractivity contribution is -0.128. The number of pyridine rings is 1. The van der Waals surface area contributed by atoms with Crippen molar-refractivity contribution in [2.75, 3.05) is 46.8 Å². The van der Waals surface area contributed by atoms with Gasteiger partial charge in [0.05, 0.1) is 6.54 Å². The number of likely N-dealkylation sites (N-methyl/N-ethyl adjacent to an activating group) is 1. The molecule has 3 rings (SSSR count). The Balaban J connectivity index is 1.48. The number of piperidine rings is 1. The number of rotatable bonds is 5. The van der Waals surface area contributed by atoms with Gasteiger partial charge < -0.3 is 20.4 Å². The molecule has 1 aromatic rings. The molecule has 2 amide bonds. The normalized spacial score (nSPS) is 22.3. The Kier molecular flexibility index (Phi) is 6.49. The molecule has 2 aliphatic heterocycles. The lowest BCUT2D eigenvalue weighted by Crippen LogP contribution is -2.52. The summed E-state index contributed by atoms with van der Waals surface area (Å²) >= 11 is 0. The Labute approximate surface area is 166 Å². The number of nitrogens with one attached hydrogen (secondary N) is 2. The lowest BCUT2D eigenvalue weighted by atomic mass is 9.79. The van der Waals surface area contributed by atoms with E-state index in [-0.39, 0.29) is 23.8 Å². The lowest BCUT2D eigenvalue weighted by Gasteiger charge is -2.40. The first-order valence-electron chi connectivity index (χ1n) is 9.87. The summed E-state index contributed by atoms with van der Waals surface area (Å²) in [5.74, 6) is 0.876. The number of nitrogens with zero attached hydrogens (tertiary/aromatic N) is 4. The molecule has 0 aromatic carbocycles. The average molecular weight is 387 g/mol. The number of carbonyl (C=O) groups is 2. The van der Waals surface area contributed by atoms with Crippen LogP contribution in [0.25, 0.3) is 0 Å². The van der Waals surface area contributed by atoms with E-state index in [1.165, 1.54) is 0 Å². The molecule has 0 saturated carbocycles. The summed E-state index contributed by atoms with van der Waals surface area (Å²) in [7, 11) is 3.54. The number of aliphatic imine (C=N–C) groups is 1. The number of carbonyl (C=O) groups excluding carboxylic acids is 2. The molecule has 2 N–H and O–H groups in total. The van der Waals surface area contributed by atoms with Gasteiger partial charge in [0.1, 0.15) is 0 Å². The highest BCUT2D eigenvalue weighted by molar-refractivity contribution is 5.86. The minimum atomic E-state index is -0.00353. The van der Waals surface area contributed by atoms with Crippen LogP contribution in [0.15, 0.2) is 29.4 Å². The van der Waals surface area contributed by atoms with Crippen LogP contribution in [0.2, 0.25) is 0 Å². The predicted octanol–water partition coefficient (Wildman–Crippen LogP) is 0.260. The summed E-state index contributed by atoms with van der Waals surface area (Å²) in [6.07, 6.45) is 5.15. The van der Waals surface area contributed by atoms with Crippen molar-refractivity contribution < 1.29 is 9.59 Å². The van der Waals surface area contributed by atoms with E-state index in [2.05, 4.69) is 25.5 Å². The highest BCUT2D eigenvalue weighted by Gasteiger charge is 2.42. The van der Waals surface area contributed by atoms with E-state index in [0.717, 1.165) is 50.6 Å². The third kappa shape index (κ3) is 4.99. The maximum absolute atomic E-state index is 12.5. The van der Waals surface area contributed by atoms with E-state index in [1.54, 1.807) is 25.2 Å². The van der Waals surface area contributed by atoms with Gasteiger partial charge in [0.2, 0.25) is 11.8 Å². The molecule has 2 fully saturated rings. The number of hydrogen-bond acceptors (Lipinski definition) is 4. The van der Waals surface area contributed by atoms with Crippen molar-refractivity contribution in [3.05, 3.63) is 30.1 Å². The Morgan fingerprint density at radius 3 is 3.00 bits per heavy atom. The molecule has 28 heavy (non-hydrogen) atoms. The molecule has 0 aliphatic carbocycles. The summed E-state index contributed by atoms with van der Waals surface area (Å²) in [4.78, 5) is 36.7. The largest absolute Gasteiger partial charge is 0.355 e. The topological polar surface area (TPSA) is 89.9 Å². The fourth-order valence-electron chi connectivity index (χ4n) is 4.00. The van der Waals surface area contributed by atoms with Crippen molar-refractivity contribution in [3.63, 3.8) is 0 Å². The maximum atomic E-state index is 12.5. The van der Waals surface area contributed by atoms with Gasteiger partial charge in [-0.25, -0.2) is 0 Å². The quantitative estimate of drug-likeness (QED) is 0.560. The average Bonchev–Trinajstić information content (AvgIpc) is 3.06. The molecule has 0 radical (unpaired) electrons. The predicted molar refractivity (Wildman–Crippen MR) is 108 cm³/mol. The fraction of sp³-hybridized carbons (Fsp3) is 0.600. The molecular formula is C20H30N6O2. The van der Waals surface area contributed by atoms with Crippen LogP contribution in [0.4, 0.5) is 0 Å². The number of amides is 2. The first kappa shape index (κ1) is 20.1. The standard InChI is InChI=1S/C20H30N6O2/c1-21-19(26-10-5-8-20(15-26)12-17(27)24-14-20)23-13-18(28)25(2)11-7-16-6-3-4-9-22-16/h3-4,6,9H,5,7-8,10-15H2,1-2H3,(H,21,23)(H,24,27). The van der Waals surface area contributed by atoms with Gasteiger partial charge >= 0.3 is 0 Å². The van der Waals surface area contributed by atoms with E-state index >= 15 is 0 Å². The second kappa shape index (κ2) is 9.03. The van der Waals surface area contributed by atoms with Crippen molar-refractivity contribution >= 4 is 17.8 Å². The zero-order valence-corrected chi connectivity index (χ0v) is 16.8. The first-order valence-corrected chi connectivity index (χ1v) is 9.87. The van der Waals surface area contributed by atoms with Gasteiger partial charge in [-0.1, -0.05) is 6.07 Å². The van der Waals surface area contributed by atoms with E-state index in [4.69, 9.17) is 0 Å². The van der Waals surface area contributed by atoms with Crippen molar-refractivity contribution in [2.24, 2.45) is 10.4 Å². The molecule has 1 aromatic heterocycles. The van der Waals surface area contributed by atoms with Crippen LogP contribution < -0.4 is 10.6 Å². The van der Waals surface area contributed by atoms with Gasteiger partial charge in [0, 0.05) is 70.4 Å². The summed E-state index contributed by atoms with van der Waals surface area (Å²) in [5.41, 5.74) is 0.973. The minimum absolute atomic E-state index is 0.00353. The van der Waals surface area contributed by atoms with Gasteiger partial charge in [-0.15, -0.1) is 0 Å². The molecule has 2 aliphatic rings. The number of aromatic nitrogens is 1. The molecule has 3 heterocycles. The molecule has 8 nitrogen and oxygen atoms in total. The smallest absolute Gasteiger partial charge is 0.241 e. The van der Waals surface area contributed by atoms with Gasteiger partial charge in [-0.2, -0.15) is 0 Å². The van der Waals surface area contributed by atoms with E-state index in [0.29, 0.717) is 13.0 Å². The Bertz CT molecular complexity index is 723. The maximum Gasteiger partial charge on any atom is 0.241 e. The van der Waals surface area contributed by atoms with E-state index in [1.807, 2.05) is 18.2 Å². The van der Waals surface area contributed by atoms with Crippen LogP contribution in [0, 0.1) is 5.41 Å². The molecule has 8 heteroatoms. The zero-order chi connectivity index (χ0) is 20.0. The van der Waals surface area contributed by atoms with E-state index < -0.39 is 0 Å². The van der Waals surface area contributed by atoms with Crippen LogP contribution in [0.3, 0.4) is 0 Å². The SMILES string of the molecule is CN=C(NCC(=O)N(C)CCc1ccccn1)N1CCCC2(CNC(=O)C2)C1. The molecule has 2 saturated heterocycles. The van der Waals surface area contributed by atoms with Crippen LogP contribution >= 0.6 is 0 Å². The van der Waals surface area contributed by atoms with Crippen molar-refractivity contribution in [1.29, 1.82) is 0 Å². The number of hydrogen-bond donors (Lipinski definition) is 2. The van der Waals surface area contributed by atoms with Crippen molar-refractivity contribution in [2.45, 2.75) is 25.7 Å². The third-order valence-electron chi connectivity index (χ3n) is 5.62. The van der Waals surface area contributed by atoms with Crippen LogP contribution in [0.5, 0.6) is 0 Å². The first-order chi connectivity index (χ1) is 13.5. The highest BCUT2D eigenvalue weighted by atomic mass is 16.2. The molecule has 152 valence electrons. The summed E-state index contributed by atoms with van der Waals surface area (Å²) in [6.45, 7) is 3.23. The van der Waals surface area contributed by atoms with E-state index in [9.17, 15) is 9.59 Å². The van der Waals surface area contributed by atoms with Gasteiger partial charge in [-0.3, -0.25) is 19.6 Å². The fourth-order valence-corrected chi connectivity index (χ4v) is 4.00. The van der Waals surface area contributed by atoms with Crippen LogP contribution in [-0.4, -0.2) is 79.4 Å². The zero-order valence-electron chi connectivity index (χ0n) is 16.8. The Hall–Kier alpha value is -2.64. The number of guanidine groups is 1.